The summed E-state index contributed by atoms with van der Waals surface area (Å²) in [6.45, 7) is 18.4. The highest BCUT2D eigenvalue weighted by Gasteiger charge is 2.22. The van der Waals surface area contributed by atoms with Crippen LogP contribution in [0.2, 0.25) is 0 Å². The number of para-hydroxylation sites is 1. The third kappa shape index (κ3) is 7.84. The summed E-state index contributed by atoms with van der Waals surface area (Å²) in [5.74, 6) is 1.10. The summed E-state index contributed by atoms with van der Waals surface area (Å²) in [4.78, 5) is 32.1. The van der Waals surface area contributed by atoms with Crippen LogP contribution in [-0.4, -0.2) is 34.9 Å². The Labute approximate surface area is 203 Å². The molecule has 2 N–H and O–H groups in total. The number of amides is 3. The molecule has 182 valence electrons. The lowest BCUT2D eigenvalue weighted by Crippen LogP contribution is -2.37. The van der Waals surface area contributed by atoms with E-state index in [0.717, 1.165) is 21.8 Å². The van der Waals surface area contributed by atoms with E-state index in [1.807, 2.05) is 0 Å². The number of carbonyl (C=O) groups is 2. The standard InChI is InChI=1S/C26H40N4O2S/c1-16(2)12-27-25(31)22-15-33-23(28-22)14-30(13-17(3)4)26(32)29-24-20(18(5)6)10-9-11-21(24)19(7)8/h9-11,15-19H,12-14H2,1-8H3,(H,27,31)(H,29,32). The van der Waals surface area contributed by atoms with E-state index in [2.05, 4.69) is 89.2 Å². The summed E-state index contributed by atoms with van der Waals surface area (Å²) < 4.78 is 0. The second-order valence-electron chi connectivity index (χ2n) is 10.1. The number of thiazole rings is 1. The molecule has 1 aromatic heterocycles. The number of nitrogens with one attached hydrogen (secondary N) is 2. The molecule has 7 heteroatoms. The van der Waals surface area contributed by atoms with Crippen LogP contribution in [-0.2, 0) is 6.54 Å². The van der Waals surface area contributed by atoms with Gasteiger partial charge in [-0.15, -0.1) is 11.3 Å². The molecule has 0 aliphatic rings. The van der Waals surface area contributed by atoms with Gasteiger partial charge in [0, 0.05) is 24.2 Å². The van der Waals surface area contributed by atoms with Crippen LogP contribution in [0.1, 0.15) is 93.8 Å². The summed E-state index contributed by atoms with van der Waals surface area (Å²) >= 11 is 1.41. The molecule has 0 aliphatic heterocycles. The maximum Gasteiger partial charge on any atom is 0.322 e. The zero-order valence-corrected chi connectivity index (χ0v) is 22.2. The Hall–Kier alpha value is -2.41. The number of hydrogen-bond donors (Lipinski definition) is 2. The van der Waals surface area contributed by atoms with Gasteiger partial charge in [0.25, 0.3) is 5.91 Å². The molecule has 1 aromatic carbocycles. The highest BCUT2D eigenvalue weighted by molar-refractivity contribution is 7.09. The third-order valence-corrected chi connectivity index (χ3v) is 6.09. The molecule has 0 saturated heterocycles. The van der Waals surface area contributed by atoms with Crippen molar-refractivity contribution in [1.82, 2.24) is 15.2 Å². The molecule has 0 spiro atoms. The van der Waals surface area contributed by atoms with Gasteiger partial charge in [-0.3, -0.25) is 4.79 Å². The fourth-order valence-electron chi connectivity index (χ4n) is 3.58. The van der Waals surface area contributed by atoms with Crippen LogP contribution in [0, 0.1) is 11.8 Å². The Balaban J connectivity index is 2.23. The van der Waals surface area contributed by atoms with E-state index in [-0.39, 0.29) is 11.9 Å². The van der Waals surface area contributed by atoms with Crippen LogP contribution in [0.3, 0.4) is 0 Å². The Kier molecular flexibility index (Phi) is 9.89. The normalized spacial score (nSPS) is 11.5. The van der Waals surface area contributed by atoms with Crippen molar-refractivity contribution in [2.75, 3.05) is 18.4 Å². The average Bonchev–Trinajstić information content (AvgIpc) is 3.19. The molecule has 3 amide bonds. The number of hydrogen-bond acceptors (Lipinski definition) is 4. The van der Waals surface area contributed by atoms with E-state index in [1.165, 1.54) is 11.3 Å². The van der Waals surface area contributed by atoms with E-state index >= 15 is 0 Å². The second-order valence-corrected chi connectivity index (χ2v) is 11.0. The van der Waals surface area contributed by atoms with Gasteiger partial charge in [-0.25, -0.2) is 9.78 Å². The second kappa shape index (κ2) is 12.2. The molecule has 0 radical (unpaired) electrons. The quantitative estimate of drug-likeness (QED) is 0.416. The highest BCUT2D eigenvalue weighted by atomic mass is 32.1. The first-order chi connectivity index (χ1) is 15.5. The summed E-state index contributed by atoms with van der Waals surface area (Å²) in [7, 11) is 0. The molecule has 6 nitrogen and oxygen atoms in total. The van der Waals surface area contributed by atoms with Crippen LogP contribution >= 0.6 is 11.3 Å². The van der Waals surface area contributed by atoms with Crippen molar-refractivity contribution >= 4 is 29.0 Å². The minimum absolute atomic E-state index is 0.139. The Morgan fingerprint density at radius 3 is 2.09 bits per heavy atom. The van der Waals surface area contributed by atoms with Crippen LogP contribution < -0.4 is 10.6 Å². The van der Waals surface area contributed by atoms with Gasteiger partial charge in [-0.05, 0) is 34.8 Å². The Morgan fingerprint density at radius 2 is 1.58 bits per heavy atom. The van der Waals surface area contributed by atoms with E-state index in [0.29, 0.717) is 49.0 Å². The predicted octanol–water partition coefficient (Wildman–Crippen LogP) is 6.47. The molecule has 2 aromatic rings. The summed E-state index contributed by atoms with van der Waals surface area (Å²) in [5, 5.41) is 8.63. The van der Waals surface area contributed by atoms with E-state index < -0.39 is 0 Å². The highest BCUT2D eigenvalue weighted by Crippen LogP contribution is 2.32. The lowest BCUT2D eigenvalue weighted by atomic mass is 9.93. The first-order valence-corrected chi connectivity index (χ1v) is 12.8. The van der Waals surface area contributed by atoms with E-state index in [1.54, 1.807) is 10.3 Å². The largest absolute Gasteiger partial charge is 0.350 e. The Bertz CT molecular complexity index is 908. The van der Waals surface area contributed by atoms with Crippen LogP contribution in [0.15, 0.2) is 23.6 Å². The number of aromatic nitrogens is 1. The molecule has 0 fully saturated rings. The van der Waals surface area contributed by atoms with Gasteiger partial charge in [-0.2, -0.15) is 0 Å². The third-order valence-electron chi connectivity index (χ3n) is 5.26. The van der Waals surface area contributed by atoms with Crippen molar-refractivity contribution in [3.63, 3.8) is 0 Å². The predicted molar refractivity (Wildman–Crippen MR) is 138 cm³/mol. The minimum Gasteiger partial charge on any atom is -0.350 e. The van der Waals surface area contributed by atoms with Gasteiger partial charge in [-0.1, -0.05) is 73.6 Å². The molecule has 0 atom stereocenters. The van der Waals surface area contributed by atoms with E-state index in [4.69, 9.17) is 0 Å². The molecule has 0 aliphatic carbocycles. The molecule has 0 unspecified atom stereocenters. The maximum absolute atomic E-state index is 13.4. The van der Waals surface area contributed by atoms with Crippen molar-refractivity contribution in [2.24, 2.45) is 11.8 Å². The molecule has 33 heavy (non-hydrogen) atoms. The smallest absolute Gasteiger partial charge is 0.322 e. The molecule has 0 saturated carbocycles. The lowest BCUT2D eigenvalue weighted by molar-refractivity contribution is 0.0944. The summed E-state index contributed by atoms with van der Waals surface area (Å²) in [6, 6.07) is 6.09. The van der Waals surface area contributed by atoms with E-state index in [9.17, 15) is 9.59 Å². The lowest BCUT2D eigenvalue weighted by Gasteiger charge is -2.27. The maximum atomic E-state index is 13.4. The average molecular weight is 473 g/mol. The SMILES string of the molecule is CC(C)CNC(=O)c1csc(CN(CC(C)C)C(=O)Nc2c(C(C)C)cccc2C(C)C)n1. The van der Waals surface area contributed by atoms with Crippen LogP contribution in [0.5, 0.6) is 0 Å². The van der Waals surface area contributed by atoms with Crippen molar-refractivity contribution in [2.45, 2.75) is 73.8 Å². The van der Waals surface area contributed by atoms with Gasteiger partial charge in [0.2, 0.25) is 0 Å². The van der Waals surface area contributed by atoms with Gasteiger partial charge in [0.1, 0.15) is 10.7 Å². The van der Waals surface area contributed by atoms with Crippen LogP contribution in [0.25, 0.3) is 0 Å². The number of anilines is 1. The number of carbonyl (C=O) groups excluding carboxylic acids is 2. The van der Waals surface area contributed by atoms with Crippen molar-refractivity contribution in [3.05, 3.63) is 45.4 Å². The number of benzene rings is 1. The van der Waals surface area contributed by atoms with Crippen LogP contribution in [0.4, 0.5) is 10.5 Å². The zero-order valence-electron chi connectivity index (χ0n) is 21.4. The first-order valence-electron chi connectivity index (χ1n) is 11.9. The molecular weight excluding hydrogens is 432 g/mol. The monoisotopic (exact) mass is 472 g/mol. The van der Waals surface area contributed by atoms with Gasteiger partial charge >= 0.3 is 6.03 Å². The summed E-state index contributed by atoms with van der Waals surface area (Å²) in [5.41, 5.74) is 3.59. The topological polar surface area (TPSA) is 74.3 Å². The van der Waals surface area contributed by atoms with Gasteiger partial charge in [0.15, 0.2) is 0 Å². The van der Waals surface area contributed by atoms with Gasteiger partial charge in [0.05, 0.1) is 6.54 Å². The zero-order chi connectivity index (χ0) is 24.7. The number of urea groups is 1. The Morgan fingerprint density at radius 1 is 0.970 bits per heavy atom. The summed E-state index contributed by atoms with van der Waals surface area (Å²) in [6.07, 6.45) is 0. The molecule has 2 rings (SSSR count). The first kappa shape index (κ1) is 26.8. The number of rotatable bonds is 10. The minimum atomic E-state index is -0.168. The fourth-order valence-corrected chi connectivity index (χ4v) is 4.37. The molecule has 0 bridgehead atoms. The number of nitrogens with zero attached hydrogens (tertiary/aromatic N) is 2. The molecular formula is C26H40N4O2S. The van der Waals surface area contributed by atoms with Gasteiger partial charge < -0.3 is 15.5 Å². The van der Waals surface area contributed by atoms with Crippen molar-refractivity contribution in [3.8, 4) is 0 Å². The molecule has 1 heterocycles. The van der Waals surface area contributed by atoms with Crippen molar-refractivity contribution < 1.29 is 9.59 Å². The van der Waals surface area contributed by atoms with Crippen molar-refractivity contribution in [1.29, 1.82) is 0 Å². The fraction of sp³-hybridized carbons (Fsp3) is 0.577.